The van der Waals surface area contributed by atoms with Gasteiger partial charge in [-0.1, -0.05) is 69.6 Å². The number of fused-ring (bicyclic) bond motifs is 2. The maximum absolute atomic E-state index is 10.9. The van der Waals surface area contributed by atoms with Crippen molar-refractivity contribution in [3.05, 3.63) is 66.1 Å². The van der Waals surface area contributed by atoms with E-state index in [0.29, 0.717) is 31.7 Å². The molecular formula is C22H18Cl6N8O. The van der Waals surface area contributed by atoms with Crippen LogP contribution in [0, 0.1) is 13.8 Å². The van der Waals surface area contributed by atoms with E-state index in [9.17, 15) is 4.79 Å². The molecule has 0 aliphatic carbocycles. The molecule has 0 spiro atoms. The lowest BCUT2D eigenvalue weighted by Gasteiger charge is -2.02. The van der Waals surface area contributed by atoms with Gasteiger partial charge in [0.05, 0.1) is 11.4 Å². The van der Waals surface area contributed by atoms with Crippen LogP contribution >= 0.6 is 69.6 Å². The number of hydrogen-bond donors (Lipinski definition) is 2. The van der Waals surface area contributed by atoms with Crippen LogP contribution in [0.15, 0.2) is 18.2 Å². The van der Waals surface area contributed by atoms with Crippen molar-refractivity contribution in [2.45, 2.75) is 20.8 Å². The minimum absolute atomic E-state index is 0.0627. The number of ketones is 1. The van der Waals surface area contributed by atoms with Crippen molar-refractivity contribution < 1.29 is 4.79 Å². The Morgan fingerprint density at radius 2 is 1.41 bits per heavy atom. The predicted octanol–water partition coefficient (Wildman–Crippen LogP) is 7.33. The van der Waals surface area contributed by atoms with Crippen molar-refractivity contribution in [1.82, 2.24) is 34.9 Å². The van der Waals surface area contributed by atoms with Crippen LogP contribution in [-0.2, 0) is 7.05 Å². The monoisotopic (exact) mass is 620 g/mol. The molecule has 5 aromatic rings. The molecule has 0 amide bonds. The highest BCUT2D eigenvalue weighted by molar-refractivity contribution is 6.37. The summed E-state index contributed by atoms with van der Waals surface area (Å²) >= 11 is 34.4. The van der Waals surface area contributed by atoms with Crippen LogP contribution in [0.4, 0.5) is 5.69 Å². The molecule has 0 radical (unpaired) electrons. The number of nitrogens with two attached hydrogens (primary N) is 1. The molecule has 3 N–H and O–H groups in total. The Morgan fingerprint density at radius 1 is 0.865 bits per heavy atom. The van der Waals surface area contributed by atoms with Crippen LogP contribution in [0.5, 0.6) is 0 Å². The molecule has 0 saturated heterocycles. The number of carbonyl (C=O) groups is 1. The van der Waals surface area contributed by atoms with Gasteiger partial charge in [-0.2, -0.15) is 10.2 Å². The number of halogens is 6. The van der Waals surface area contributed by atoms with Crippen molar-refractivity contribution >= 4 is 103 Å². The first-order valence-corrected chi connectivity index (χ1v) is 12.5. The third-order valence-electron chi connectivity index (χ3n) is 4.95. The Kier molecular flexibility index (Phi) is 9.44. The molecule has 37 heavy (non-hydrogen) atoms. The highest BCUT2D eigenvalue weighted by atomic mass is 35.5. The third kappa shape index (κ3) is 6.73. The van der Waals surface area contributed by atoms with Gasteiger partial charge in [0, 0.05) is 29.1 Å². The second-order valence-corrected chi connectivity index (χ2v) is 9.81. The number of anilines is 1. The standard InChI is InChI=1S/C8H7Cl2N3.C7H5Cl2N3.C7H6Cl2N2O/c1-4-5-3-6(9)11-8(10)7(5)13(2)12-4;1-3-4-2-5(8)10-7(9)6(4)12-11-3;1-3(12)4-2-5(8)11-7(9)6(4)10/h3H,1-2H3;2H,1H3,(H,11,12);2H,10H2,1H3. The average Bonchev–Trinajstić information content (AvgIpc) is 3.30. The van der Waals surface area contributed by atoms with Gasteiger partial charge in [0.1, 0.15) is 26.5 Å². The number of nitrogens with zero attached hydrogens (tertiary/aromatic N) is 6. The van der Waals surface area contributed by atoms with E-state index >= 15 is 0 Å². The number of carbonyl (C=O) groups excluding carboxylic acids is 1. The lowest BCUT2D eigenvalue weighted by molar-refractivity contribution is 0.101. The summed E-state index contributed by atoms with van der Waals surface area (Å²) < 4.78 is 1.70. The fourth-order valence-electron chi connectivity index (χ4n) is 3.25. The molecule has 5 aromatic heterocycles. The number of aromatic nitrogens is 7. The normalized spacial score (nSPS) is 10.6. The molecule has 194 valence electrons. The highest BCUT2D eigenvalue weighted by Gasteiger charge is 2.11. The number of nitrogen functional groups attached to an aromatic ring is 1. The maximum atomic E-state index is 10.9. The van der Waals surface area contributed by atoms with E-state index in [4.69, 9.17) is 75.3 Å². The first-order chi connectivity index (χ1) is 17.3. The number of aryl methyl sites for hydroxylation is 3. The summed E-state index contributed by atoms with van der Waals surface area (Å²) in [6.45, 7) is 5.20. The Hall–Kier alpha value is -2.40. The zero-order valence-electron chi connectivity index (χ0n) is 19.7. The van der Waals surface area contributed by atoms with Gasteiger partial charge in [-0.05, 0) is 39.0 Å². The van der Waals surface area contributed by atoms with Crippen LogP contribution in [0.1, 0.15) is 28.7 Å². The van der Waals surface area contributed by atoms with E-state index < -0.39 is 0 Å². The SMILES string of the molecule is CC(=O)c1cc(Cl)nc(Cl)c1N.Cc1[nH]nc2c(Cl)nc(Cl)cc12.Cc1nn(C)c2c(Cl)nc(Cl)cc12. The van der Waals surface area contributed by atoms with E-state index in [1.54, 1.807) is 16.8 Å². The van der Waals surface area contributed by atoms with Crippen LogP contribution in [-0.4, -0.2) is 40.7 Å². The van der Waals surface area contributed by atoms with Gasteiger partial charge < -0.3 is 5.73 Å². The fraction of sp³-hybridized carbons (Fsp3) is 0.182. The maximum Gasteiger partial charge on any atom is 0.162 e. The van der Waals surface area contributed by atoms with Crippen LogP contribution in [0.3, 0.4) is 0 Å². The number of nitrogens with one attached hydrogen (secondary N) is 1. The molecule has 0 aliphatic heterocycles. The summed E-state index contributed by atoms with van der Waals surface area (Å²) in [5, 5.41) is 14.6. The minimum atomic E-state index is -0.182. The van der Waals surface area contributed by atoms with E-state index in [0.717, 1.165) is 27.7 Å². The van der Waals surface area contributed by atoms with E-state index in [1.807, 2.05) is 20.9 Å². The number of Topliss-reactive ketones (excluding diaryl/α,β-unsaturated/α-hetero) is 1. The first kappa shape index (κ1) is 29.2. The van der Waals surface area contributed by atoms with Crippen molar-refractivity contribution in [1.29, 1.82) is 0 Å². The average molecular weight is 623 g/mol. The Balaban J connectivity index is 0.000000154. The molecule has 0 aromatic carbocycles. The van der Waals surface area contributed by atoms with Crippen molar-refractivity contribution in [3.8, 4) is 0 Å². The Labute approximate surface area is 241 Å². The number of aromatic amines is 1. The number of rotatable bonds is 1. The summed E-state index contributed by atoms with van der Waals surface area (Å²) in [5.74, 6) is -0.182. The van der Waals surface area contributed by atoms with Crippen molar-refractivity contribution in [2.75, 3.05) is 5.73 Å². The smallest absolute Gasteiger partial charge is 0.162 e. The molecule has 0 aliphatic rings. The van der Waals surface area contributed by atoms with Crippen molar-refractivity contribution in [3.63, 3.8) is 0 Å². The molecule has 9 nitrogen and oxygen atoms in total. The van der Waals surface area contributed by atoms with Crippen LogP contribution in [0.2, 0.25) is 30.9 Å². The summed E-state index contributed by atoms with van der Waals surface area (Å²) in [6.07, 6.45) is 0. The van der Waals surface area contributed by atoms with Gasteiger partial charge in [-0.25, -0.2) is 15.0 Å². The summed E-state index contributed by atoms with van der Waals surface area (Å²) in [6, 6.07) is 4.90. The largest absolute Gasteiger partial charge is 0.396 e. The van der Waals surface area contributed by atoms with Gasteiger partial charge in [0.15, 0.2) is 21.2 Å². The van der Waals surface area contributed by atoms with Gasteiger partial charge in [0.2, 0.25) is 0 Å². The quantitative estimate of drug-likeness (QED) is 0.148. The second kappa shape index (κ2) is 12.0. The second-order valence-electron chi connectivity index (χ2n) is 7.57. The lowest BCUT2D eigenvalue weighted by Crippen LogP contribution is -2.01. The summed E-state index contributed by atoms with van der Waals surface area (Å²) in [4.78, 5) is 22.4. The van der Waals surface area contributed by atoms with Crippen LogP contribution < -0.4 is 5.73 Å². The molecule has 0 saturated carbocycles. The Morgan fingerprint density at radius 3 is 2.03 bits per heavy atom. The zero-order valence-corrected chi connectivity index (χ0v) is 24.2. The fourth-order valence-corrected chi connectivity index (χ4v) is 4.70. The zero-order chi connectivity index (χ0) is 27.6. The molecule has 0 unspecified atom stereocenters. The van der Waals surface area contributed by atoms with Gasteiger partial charge >= 0.3 is 0 Å². The molecule has 5 rings (SSSR count). The van der Waals surface area contributed by atoms with E-state index in [-0.39, 0.29) is 21.8 Å². The van der Waals surface area contributed by atoms with E-state index in [2.05, 4.69) is 30.2 Å². The topological polar surface area (TPSA) is 128 Å². The number of hydrogen-bond acceptors (Lipinski definition) is 7. The molecule has 0 bridgehead atoms. The van der Waals surface area contributed by atoms with Gasteiger partial charge in [-0.15, -0.1) is 0 Å². The number of pyridine rings is 3. The third-order valence-corrected chi connectivity index (χ3v) is 6.35. The summed E-state index contributed by atoms with van der Waals surface area (Å²) in [5.41, 5.74) is 9.29. The van der Waals surface area contributed by atoms with Crippen LogP contribution in [0.25, 0.3) is 21.8 Å². The first-order valence-electron chi connectivity index (χ1n) is 10.2. The Bertz CT molecular complexity index is 1630. The minimum Gasteiger partial charge on any atom is -0.396 e. The van der Waals surface area contributed by atoms with E-state index in [1.165, 1.54) is 13.0 Å². The summed E-state index contributed by atoms with van der Waals surface area (Å²) in [7, 11) is 1.83. The highest BCUT2D eigenvalue weighted by Crippen LogP contribution is 2.27. The predicted molar refractivity (Wildman–Crippen MR) is 151 cm³/mol. The molecule has 0 fully saturated rings. The van der Waals surface area contributed by atoms with Gasteiger partial charge in [-0.3, -0.25) is 14.6 Å². The van der Waals surface area contributed by atoms with Crippen molar-refractivity contribution in [2.24, 2.45) is 7.05 Å². The van der Waals surface area contributed by atoms with Gasteiger partial charge in [0.25, 0.3) is 0 Å². The lowest BCUT2D eigenvalue weighted by atomic mass is 10.2. The molecule has 15 heteroatoms. The molecular weight excluding hydrogens is 605 g/mol. The number of H-pyrrole nitrogens is 1. The molecule has 0 atom stereocenters. The molecule has 5 heterocycles.